The first-order valence-corrected chi connectivity index (χ1v) is 9.32. The van der Waals surface area contributed by atoms with Crippen LogP contribution in [0.2, 0.25) is 0 Å². The first-order valence-electron chi connectivity index (χ1n) is 7.88. The Morgan fingerprint density at radius 1 is 1.31 bits per heavy atom. The van der Waals surface area contributed by atoms with E-state index in [0.29, 0.717) is 0 Å². The molecule has 8 nitrogen and oxygen atoms in total. The van der Waals surface area contributed by atoms with Crippen LogP contribution in [0.15, 0.2) is 23.1 Å². The van der Waals surface area contributed by atoms with Crippen molar-refractivity contribution in [3.05, 3.63) is 29.6 Å². The van der Waals surface area contributed by atoms with Crippen LogP contribution >= 0.6 is 0 Å². The minimum absolute atomic E-state index is 0.0961. The van der Waals surface area contributed by atoms with E-state index in [0.717, 1.165) is 22.5 Å². The Morgan fingerprint density at radius 2 is 1.96 bits per heavy atom. The molecule has 0 atom stereocenters. The van der Waals surface area contributed by atoms with Gasteiger partial charge in [-0.05, 0) is 18.2 Å². The molecule has 1 N–H and O–H groups in total. The second kappa shape index (κ2) is 9.84. The third kappa shape index (κ3) is 5.50. The number of carbonyl (C=O) groups is 2. The Labute approximate surface area is 151 Å². The average molecular weight is 385 g/mol. The second-order valence-corrected chi connectivity index (χ2v) is 7.00. The molecule has 0 aliphatic heterocycles. The topological polar surface area (TPSA) is 117 Å². The van der Waals surface area contributed by atoms with Gasteiger partial charge in [-0.1, -0.05) is 13.8 Å². The highest BCUT2D eigenvalue weighted by atomic mass is 32.2. The van der Waals surface area contributed by atoms with Gasteiger partial charge in [-0.2, -0.15) is 9.57 Å². The lowest BCUT2D eigenvalue weighted by molar-refractivity contribution is -0.124. The monoisotopic (exact) mass is 385 g/mol. The molecule has 0 aliphatic carbocycles. The van der Waals surface area contributed by atoms with E-state index in [2.05, 4.69) is 5.32 Å². The number of hydrogen-bond acceptors (Lipinski definition) is 6. The van der Waals surface area contributed by atoms with E-state index in [1.165, 1.54) is 0 Å². The number of halogens is 1. The lowest BCUT2D eigenvalue weighted by Gasteiger charge is -2.18. The van der Waals surface area contributed by atoms with Crippen LogP contribution in [0.25, 0.3) is 0 Å². The molecule has 1 aromatic carbocycles. The van der Waals surface area contributed by atoms with Gasteiger partial charge in [0.25, 0.3) is 5.91 Å². The molecule has 0 saturated carbocycles. The van der Waals surface area contributed by atoms with Gasteiger partial charge in [0, 0.05) is 19.6 Å². The van der Waals surface area contributed by atoms with Crippen LogP contribution in [-0.2, 0) is 19.6 Å². The van der Waals surface area contributed by atoms with Gasteiger partial charge in [0.05, 0.1) is 22.9 Å². The molecule has 0 aliphatic rings. The summed E-state index contributed by atoms with van der Waals surface area (Å²) in [4.78, 5) is 23.2. The summed E-state index contributed by atoms with van der Waals surface area (Å²) in [5.41, 5.74) is -0.581. The van der Waals surface area contributed by atoms with E-state index in [9.17, 15) is 22.4 Å². The lowest BCUT2D eigenvalue weighted by atomic mass is 10.2. The summed E-state index contributed by atoms with van der Waals surface area (Å²) in [5, 5.41) is 10.7. The predicted molar refractivity (Wildman–Crippen MR) is 90.0 cm³/mol. The maximum absolute atomic E-state index is 13.9. The standard InChI is InChI=1S/C16H20FN3O5S/c1-3-20(4-2)26(23,24)12-6-7-14(17)13(10-12)16(22)25-11-15(21)19-9-5-8-18/h6-7,10H,3-5,9,11H2,1-2H3,(H,19,21). The number of amides is 1. The highest BCUT2D eigenvalue weighted by Crippen LogP contribution is 2.19. The number of nitrogens with zero attached hydrogens (tertiary/aromatic N) is 2. The van der Waals surface area contributed by atoms with Crippen LogP contribution in [0, 0.1) is 17.1 Å². The third-order valence-corrected chi connectivity index (χ3v) is 5.44. The van der Waals surface area contributed by atoms with E-state index >= 15 is 0 Å². The van der Waals surface area contributed by atoms with Gasteiger partial charge >= 0.3 is 5.97 Å². The van der Waals surface area contributed by atoms with Crippen molar-refractivity contribution in [3.63, 3.8) is 0 Å². The third-order valence-electron chi connectivity index (χ3n) is 3.39. The Bertz CT molecular complexity index is 801. The zero-order valence-corrected chi connectivity index (χ0v) is 15.3. The van der Waals surface area contributed by atoms with Crippen molar-refractivity contribution < 1.29 is 27.1 Å². The number of hydrogen-bond donors (Lipinski definition) is 1. The number of nitriles is 1. The summed E-state index contributed by atoms with van der Waals surface area (Å²) < 4.78 is 44.7. The fourth-order valence-electron chi connectivity index (χ4n) is 2.05. The molecule has 0 aromatic heterocycles. The molecular weight excluding hydrogens is 365 g/mol. The number of rotatable bonds is 9. The number of esters is 1. The molecule has 142 valence electrons. The fraction of sp³-hybridized carbons (Fsp3) is 0.438. The van der Waals surface area contributed by atoms with Crippen molar-refractivity contribution in [2.24, 2.45) is 0 Å². The van der Waals surface area contributed by atoms with Crippen molar-refractivity contribution in [3.8, 4) is 6.07 Å². The van der Waals surface area contributed by atoms with E-state index in [-0.39, 0.29) is 31.0 Å². The highest BCUT2D eigenvalue weighted by molar-refractivity contribution is 7.89. The van der Waals surface area contributed by atoms with Crippen molar-refractivity contribution in [1.29, 1.82) is 5.26 Å². The summed E-state index contributed by atoms with van der Waals surface area (Å²) in [7, 11) is -3.87. The highest BCUT2D eigenvalue weighted by Gasteiger charge is 2.25. The minimum atomic E-state index is -3.87. The van der Waals surface area contributed by atoms with Crippen molar-refractivity contribution >= 4 is 21.9 Å². The molecule has 0 radical (unpaired) electrons. The number of nitrogens with one attached hydrogen (secondary N) is 1. The second-order valence-electron chi connectivity index (χ2n) is 5.07. The van der Waals surface area contributed by atoms with Gasteiger partial charge in [-0.15, -0.1) is 0 Å². The molecule has 1 aromatic rings. The Balaban J connectivity index is 2.92. The Morgan fingerprint density at radius 3 is 2.54 bits per heavy atom. The summed E-state index contributed by atoms with van der Waals surface area (Å²) in [6.07, 6.45) is 0.0968. The van der Waals surface area contributed by atoms with Gasteiger partial charge in [-0.25, -0.2) is 17.6 Å². The first kappa shape index (κ1) is 21.5. The Hall–Kier alpha value is -2.51. The number of carbonyl (C=O) groups excluding carboxylic acids is 2. The van der Waals surface area contributed by atoms with Crippen LogP contribution < -0.4 is 5.32 Å². The maximum Gasteiger partial charge on any atom is 0.341 e. The zero-order valence-electron chi connectivity index (χ0n) is 14.5. The smallest absolute Gasteiger partial charge is 0.341 e. The molecule has 0 saturated heterocycles. The molecule has 0 unspecified atom stereocenters. The Kier molecular flexibility index (Phi) is 8.15. The van der Waals surface area contributed by atoms with E-state index in [1.807, 2.05) is 6.07 Å². The van der Waals surface area contributed by atoms with Gasteiger partial charge < -0.3 is 10.1 Å². The van der Waals surface area contributed by atoms with Gasteiger partial charge in [0.15, 0.2) is 6.61 Å². The molecule has 0 bridgehead atoms. The molecule has 0 heterocycles. The largest absolute Gasteiger partial charge is 0.452 e. The van der Waals surface area contributed by atoms with Crippen LogP contribution in [0.4, 0.5) is 4.39 Å². The van der Waals surface area contributed by atoms with Crippen molar-refractivity contribution in [1.82, 2.24) is 9.62 Å². The molecule has 26 heavy (non-hydrogen) atoms. The number of sulfonamides is 1. The lowest BCUT2D eigenvalue weighted by Crippen LogP contribution is -2.31. The summed E-state index contributed by atoms with van der Waals surface area (Å²) in [5.74, 6) is -2.77. The van der Waals surface area contributed by atoms with Crippen LogP contribution in [-0.4, -0.2) is 50.8 Å². The summed E-state index contributed by atoms with van der Waals surface area (Å²) in [6.45, 7) is 3.18. The minimum Gasteiger partial charge on any atom is -0.452 e. The van der Waals surface area contributed by atoms with Crippen molar-refractivity contribution in [2.45, 2.75) is 25.2 Å². The van der Waals surface area contributed by atoms with Crippen LogP contribution in [0.5, 0.6) is 0 Å². The molecule has 0 fully saturated rings. The molecule has 1 rings (SSSR count). The normalized spacial score (nSPS) is 11.0. The van der Waals surface area contributed by atoms with Gasteiger partial charge in [-0.3, -0.25) is 4.79 Å². The van der Waals surface area contributed by atoms with E-state index < -0.39 is 39.9 Å². The van der Waals surface area contributed by atoms with E-state index in [4.69, 9.17) is 10.00 Å². The first-order chi connectivity index (χ1) is 12.3. The molecule has 10 heteroatoms. The van der Waals surface area contributed by atoms with Gasteiger partial charge in [0.2, 0.25) is 10.0 Å². The number of benzene rings is 1. The summed E-state index contributed by atoms with van der Waals surface area (Å²) in [6, 6.07) is 4.64. The van der Waals surface area contributed by atoms with Crippen LogP contribution in [0.1, 0.15) is 30.6 Å². The van der Waals surface area contributed by atoms with Crippen LogP contribution in [0.3, 0.4) is 0 Å². The summed E-state index contributed by atoms with van der Waals surface area (Å²) >= 11 is 0. The molecular formula is C16H20FN3O5S. The molecule has 0 spiro atoms. The van der Waals surface area contributed by atoms with Crippen molar-refractivity contribution in [2.75, 3.05) is 26.2 Å². The number of ether oxygens (including phenoxy) is 1. The zero-order chi connectivity index (χ0) is 19.7. The molecule has 1 amide bonds. The maximum atomic E-state index is 13.9. The SMILES string of the molecule is CCN(CC)S(=O)(=O)c1ccc(F)c(C(=O)OCC(=O)NCCC#N)c1. The van der Waals surface area contributed by atoms with E-state index in [1.54, 1.807) is 13.8 Å². The van der Waals surface area contributed by atoms with Gasteiger partial charge in [0.1, 0.15) is 5.82 Å². The average Bonchev–Trinajstić information content (AvgIpc) is 2.61. The quantitative estimate of drug-likeness (QED) is 0.501. The predicted octanol–water partition coefficient (Wildman–Crippen LogP) is 1.04. The fourth-order valence-corrected chi connectivity index (χ4v) is 3.54.